The monoisotopic (exact) mass is 375 g/mol. The smallest absolute Gasteiger partial charge is 0.399 e. The minimum absolute atomic E-state index is 0.123. The van der Waals surface area contributed by atoms with Crippen LogP contribution < -0.4 is 5.46 Å². The first-order chi connectivity index (χ1) is 11.7. The highest BCUT2D eigenvalue weighted by atomic mass is 28.3. The van der Waals surface area contributed by atoms with Crippen LogP contribution >= 0.6 is 0 Å². The number of aromatic nitrogens is 1. The highest BCUT2D eigenvalue weighted by Gasteiger charge is 2.53. The van der Waals surface area contributed by atoms with Crippen LogP contribution in [0.4, 0.5) is 4.39 Å². The molecule has 3 rings (SSSR count). The highest BCUT2D eigenvalue weighted by Crippen LogP contribution is 2.40. The molecule has 1 aromatic heterocycles. The molecular weight excluding hydrogens is 344 g/mol. The van der Waals surface area contributed by atoms with Gasteiger partial charge in [-0.1, -0.05) is 39.9 Å². The van der Waals surface area contributed by atoms with Gasteiger partial charge < -0.3 is 13.5 Å². The Morgan fingerprint density at radius 1 is 1.04 bits per heavy atom. The number of fused-ring (bicyclic) bond motifs is 1. The van der Waals surface area contributed by atoms with Gasteiger partial charge in [0.2, 0.25) is 0 Å². The first-order valence-electron chi connectivity index (χ1n) is 9.34. The number of rotatable bonds is 2. The van der Waals surface area contributed by atoms with E-state index in [1.54, 1.807) is 6.07 Å². The van der Waals surface area contributed by atoms with Crippen LogP contribution in [0.15, 0.2) is 24.4 Å². The number of hydrogen-bond acceptors (Lipinski definition) is 2. The van der Waals surface area contributed by atoms with Crippen LogP contribution in [0.25, 0.3) is 10.9 Å². The second kappa shape index (κ2) is 5.69. The van der Waals surface area contributed by atoms with Gasteiger partial charge in [-0.3, -0.25) is 0 Å². The Bertz CT molecular complexity index is 835. The summed E-state index contributed by atoms with van der Waals surface area (Å²) in [5, 5.41) is 1.13. The molecule has 2 heterocycles. The fourth-order valence-corrected chi connectivity index (χ4v) is 5.18. The van der Waals surface area contributed by atoms with E-state index in [0.29, 0.717) is 0 Å². The summed E-state index contributed by atoms with van der Waals surface area (Å²) in [6.07, 6.45) is 2.14. The Balaban J connectivity index is 2.21. The topological polar surface area (TPSA) is 23.4 Å². The van der Waals surface area contributed by atoms with Gasteiger partial charge in [-0.2, -0.15) is 0 Å². The van der Waals surface area contributed by atoms with Crippen molar-refractivity contribution in [2.75, 3.05) is 0 Å². The summed E-state index contributed by atoms with van der Waals surface area (Å²) in [6.45, 7) is 19.7. The third-order valence-electron chi connectivity index (χ3n) is 6.74. The van der Waals surface area contributed by atoms with E-state index in [1.165, 1.54) is 6.07 Å². The Kier molecular flexibility index (Phi) is 4.30. The Morgan fingerprint density at radius 3 is 2.08 bits per heavy atom. The van der Waals surface area contributed by atoms with Crippen LogP contribution in [0.3, 0.4) is 0 Å². The van der Waals surface area contributed by atoms with Crippen molar-refractivity contribution in [1.29, 1.82) is 0 Å². The number of benzene rings is 1. The predicted molar refractivity (Wildman–Crippen MR) is 110 cm³/mol. The van der Waals surface area contributed by atoms with Gasteiger partial charge in [0.15, 0.2) is 8.24 Å². The van der Waals surface area contributed by atoms with E-state index < -0.39 is 26.6 Å². The van der Waals surface area contributed by atoms with Crippen LogP contribution in [0.1, 0.15) is 48.5 Å². The van der Waals surface area contributed by atoms with E-state index in [0.717, 1.165) is 16.4 Å². The van der Waals surface area contributed by atoms with Crippen molar-refractivity contribution in [1.82, 2.24) is 4.23 Å². The van der Waals surface area contributed by atoms with Gasteiger partial charge in [-0.15, -0.1) is 0 Å². The average Bonchev–Trinajstić information content (AvgIpc) is 2.92. The Labute approximate surface area is 158 Å². The predicted octanol–water partition coefficient (Wildman–Crippen LogP) is 4.93. The van der Waals surface area contributed by atoms with Crippen molar-refractivity contribution in [3.63, 3.8) is 0 Å². The van der Waals surface area contributed by atoms with Crippen molar-refractivity contribution < 1.29 is 13.7 Å². The summed E-state index contributed by atoms with van der Waals surface area (Å²) < 4.78 is 29.0. The minimum Gasteiger partial charge on any atom is -0.399 e. The molecule has 1 aliphatic heterocycles. The van der Waals surface area contributed by atoms with Crippen LogP contribution in [-0.4, -0.2) is 30.8 Å². The zero-order valence-corrected chi connectivity index (χ0v) is 18.5. The molecule has 0 aliphatic carbocycles. The first kappa shape index (κ1) is 19.6. The lowest BCUT2D eigenvalue weighted by Gasteiger charge is -2.38. The van der Waals surface area contributed by atoms with Gasteiger partial charge in [-0.25, -0.2) is 4.39 Å². The standard InChI is InChI=1S/C20H31BFNO2Si/c1-18(2,3)26(8,9)23-13-16(15-11-10-14(22)12-17(15)23)21-24-19(4,5)20(6,7)25-21/h10-13H,1-9H3. The molecule has 0 saturated carbocycles. The van der Waals surface area contributed by atoms with E-state index in [-0.39, 0.29) is 10.9 Å². The third-order valence-corrected chi connectivity index (χ3v) is 12.0. The molecule has 1 fully saturated rings. The largest absolute Gasteiger partial charge is 0.497 e. The van der Waals surface area contributed by atoms with Crippen molar-refractivity contribution in [3.8, 4) is 0 Å². The summed E-state index contributed by atoms with van der Waals surface area (Å²) in [6, 6.07) is 5.02. The van der Waals surface area contributed by atoms with Gasteiger partial charge in [-0.05, 0) is 56.4 Å². The molecule has 6 heteroatoms. The van der Waals surface area contributed by atoms with Crippen LogP contribution in [0, 0.1) is 5.82 Å². The number of hydrogen-bond donors (Lipinski definition) is 0. The fourth-order valence-electron chi connectivity index (χ4n) is 3.21. The molecular formula is C20H31BFNO2Si. The molecule has 1 aromatic carbocycles. The van der Waals surface area contributed by atoms with Crippen LogP contribution in [-0.2, 0) is 9.31 Å². The second-order valence-corrected chi connectivity index (χ2v) is 15.1. The van der Waals surface area contributed by atoms with E-state index in [2.05, 4.69) is 72.0 Å². The molecule has 0 amide bonds. The van der Waals surface area contributed by atoms with Crippen molar-refractivity contribution in [2.45, 2.75) is 77.8 Å². The van der Waals surface area contributed by atoms with Crippen molar-refractivity contribution in [3.05, 3.63) is 30.2 Å². The zero-order chi connectivity index (χ0) is 19.7. The number of nitrogens with zero attached hydrogens (tertiary/aromatic N) is 1. The maximum atomic E-state index is 14.1. The van der Waals surface area contributed by atoms with E-state index in [4.69, 9.17) is 9.31 Å². The SMILES string of the molecule is CC1(C)OB(c2cn([Si](C)(C)C(C)(C)C)c3cc(F)ccc23)OC1(C)C. The summed E-state index contributed by atoms with van der Waals surface area (Å²) in [5.74, 6) is -0.212. The summed E-state index contributed by atoms with van der Waals surface area (Å²) >= 11 is 0. The fraction of sp³-hybridized carbons (Fsp3) is 0.600. The van der Waals surface area contributed by atoms with E-state index in [1.807, 2.05) is 6.07 Å². The molecule has 0 radical (unpaired) electrons. The first-order valence-corrected chi connectivity index (χ1v) is 12.3. The quantitative estimate of drug-likeness (QED) is 0.695. The lowest BCUT2D eigenvalue weighted by Crippen LogP contribution is -2.45. The maximum Gasteiger partial charge on any atom is 0.497 e. The second-order valence-electron chi connectivity index (χ2n) is 10.0. The molecule has 2 aromatic rings. The van der Waals surface area contributed by atoms with Crippen molar-refractivity contribution >= 4 is 31.7 Å². The molecule has 1 aliphatic rings. The summed E-state index contributed by atoms with van der Waals surface area (Å²) in [7, 11) is -2.38. The molecule has 0 unspecified atom stereocenters. The van der Waals surface area contributed by atoms with Gasteiger partial charge in [0.1, 0.15) is 5.82 Å². The minimum atomic E-state index is -1.93. The molecule has 0 bridgehead atoms. The van der Waals surface area contributed by atoms with Gasteiger partial charge in [0.25, 0.3) is 0 Å². The molecule has 0 N–H and O–H groups in total. The third kappa shape index (κ3) is 2.86. The highest BCUT2D eigenvalue weighted by molar-refractivity contribution is 6.80. The lowest BCUT2D eigenvalue weighted by molar-refractivity contribution is 0.00578. The maximum absolute atomic E-state index is 14.1. The van der Waals surface area contributed by atoms with Crippen LogP contribution in [0.2, 0.25) is 18.1 Å². The van der Waals surface area contributed by atoms with E-state index in [9.17, 15) is 4.39 Å². The molecule has 0 atom stereocenters. The van der Waals surface area contributed by atoms with Gasteiger partial charge in [0, 0.05) is 11.0 Å². The Morgan fingerprint density at radius 2 is 1.58 bits per heavy atom. The number of halogens is 1. The molecule has 26 heavy (non-hydrogen) atoms. The average molecular weight is 375 g/mol. The lowest BCUT2D eigenvalue weighted by atomic mass is 9.79. The Hall–Kier alpha value is -1.11. The normalized spacial score (nSPS) is 20.2. The van der Waals surface area contributed by atoms with Gasteiger partial charge in [0.05, 0.1) is 11.2 Å². The summed E-state index contributed by atoms with van der Waals surface area (Å²) in [5.41, 5.74) is 1.12. The molecule has 1 saturated heterocycles. The molecule has 142 valence electrons. The molecule has 3 nitrogen and oxygen atoms in total. The van der Waals surface area contributed by atoms with Crippen molar-refractivity contribution in [2.24, 2.45) is 0 Å². The zero-order valence-electron chi connectivity index (χ0n) is 17.5. The summed E-state index contributed by atoms with van der Waals surface area (Å²) in [4.78, 5) is 0. The molecule has 0 spiro atoms. The van der Waals surface area contributed by atoms with Gasteiger partial charge >= 0.3 is 7.12 Å². The van der Waals surface area contributed by atoms with Crippen LogP contribution in [0.5, 0.6) is 0 Å². The van der Waals surface area contributed by atoms with E-state index >= 15 is 0 Å².